The van der Waals surface area contributed by atoms with E-state index >= 15 is 0 Å². The first-order valence-electron chi connectivity index (χ1n) is 5.36. The average molecular weight is 286 g/mol. The van der Waals surface area contributed by atoms with Crippen LogP contribution in [0.25, 0.3) is 11.4 Å². The van der Waals surface area contributed by atoms with Gasteiger partial charge in [-0.1, -0.05) is 12.1 Å². The molecule has 1 aromatic heterocycles. The predicted molar refractivity (Wildman–Crippen MR) is 63.1 cm³/mol. The minimum Gasteiger partial charge on any atom is -0.496 e. The highest BCUT2D eigenvalue weighted by Crippen LogP contribution is 2.27. The molecule has 0 fully saturated rings. The van der Waals surface area contributed by atoms with Crippen molar-refractivity contribution in [2.45, 2.75) is 6.18 Å². The second-order valence-corrected chi connectivity index (χ2v) is 3.66. The van der Waals surface area contributed by atoms with E-state index in [1.54, 1.807) is 29.6 Å². The molecule has 1 heterocycles. The molecule has 0 spiro atoms. The zero-order chi connectivity index (χ0) is 14.8. The van der Waals surface area contributed by atoms with Crippen LogP contribution in [0.15, 0.2) is 24.3 Å². The van der Waals surface area contributed by atoms with Gasteiger partial charge in [-0.2, -0.15) is 18.2 Å². The van der Waals surface area contributed by atoms with Crippen LogP contribution in [0.1, 0.15) is 0 Å². The molecule has 0 bridgehead atoms. The molecule has 1 amide bonds. The maximum absolute atomic E-state index is 12.1. The van der Waals surface area contributed by atoms with E-state index in [1.807, 2.05) is 0 Å². The molecule has 9 heteroatoms. The van der Waals surface area contributed by atoms with Crippen molar-refractivity contribution in [2.24, 2.45) is 0 Å². The maximum Gasteiger partial charge on any atom is 0.471 e. The topological polar surface area (TPSA) is 79.9 Å². The number of nitrogens with zero attached hydrogens (tertiary/aromatic N) is 2. The quantitative estimate of drug-likeness (QED) is 0.904. The zero-order valence-electron chi connectivity index (χ0n) is 10.2. The van der Waals surface area contributed by atoms with Crippen LogP contribution in [0.3, 0.4) is 0 Å². The van der Waals surface area contributed by atoms with Crippen molar-refractivity contribution in [1.29, 1.82) is 0 Å². The van der Waals surface area contributed by atoms with Gasteiger partial charge >= 0.3 is 12.1 Å². The Balaban J connectivity index is 2.23. The lowest BCUT2D eigenvalue weighted by Crippen LogP contribution is -2.30. The average Bonchev–Trinajstić information content (AvgIpc) is 2.86. The van der Waals surface area contributed by atoms with Gasteiger partial charge in [-0.3, -0.25) is 15.2 Å². The van der Waals surface area contributed by atoms with E-state index < -0.39 is 18.0 Å². The number of rotatable bonds is 3. The lowest BCUT2D eigenvalue weighted by Gasteiger charge is -2.04. The molecule has 0 saturated carbocycles. The van der Waals surface area contributed by atoms with Crippen molar-refractivity contribution in [1.82, 2.24) is 15.2 Å². The molecule has 0 atom stereocenters. The zero-order valence-corrected chi connectivity index (χ0v) is 10.2. The summed E-state index contributed by atoms with van der Waals surface area (Å²) >= 11 is 0. The number of H-pyrrole nitrogens is 1. The molecule has 0 radical (unpaired) electrons. The molecule has 2 aromatic rings. The van der Waals surface area contributed by atoms with Gasteiger partial charge in [0.25, 0.3) is 0 Å². The van der Waals surface area contributed by atoms with Crippen LogP contribution in [0.4, 0.5) is 19.1 Å². The van der Waals surface area contributed by atoms with Crippen LogP contribution in [0, 0.1) is 0 Å². The summed E-state index contributed by atoms with van der Waals surface area (Å²) in [5, 5.41) is 7.48. The van der Waals surface area contributed by atoms with Gasteiger partial charge in [-0.05, 0) is 12.1 Å². The highest BCUT2D eigenvalue weighted by molar-refractivity contribution is 5.93. The fraction of sp³-hybridized carbons (Fsp3) is 0.182. The number of halogens is 3. The SMILES string of the molecule is COc1ccccc1-c1nc(NC(=O)C(F)(F)F)n[nH]1. The summed E-state index contributed by atoms with van der Waals surface area (Å²) < 4.78 is 41.3. The molecule has 0 aliphatic rings. The van der Waals surface area contributed by atoms with Crippen molar-refractivity contribution in [3.8, 4) is 17.1 Å². The lowest BCUT2D eigenvalue weighted by atomic mass is 10.2. The van der Waals surface area contributed by atoms with Gasteiger partial charge in [-0.25, -0.2) is 0 Å². The first-order chi connectivity index (χ1) is 9.41. The molecular weight excluding hydrogens is 277 g/mol. The van der Waals surface area contributed by atoms with E-state index in [2.05, 4.69) is 15.2 Å². The summed E-state index contributed by atoms with van der Waals surface area (Å²) in [7, 11) is 1.45. The fourth-order valence-corrected chi connectivity index (χ4v) is 1.45. The second kappa shape index (κ2) is 5.19. The minimum absolute atomic E-state index is 0.180. The monoisotopic (exact) mass is 286 g/mol. The number of nitrogens with one attached hydrogen (secondary N) is 2. The largest absolute Gasteiger partial charge is 0.496 e. The van der Waals surface area contributed by atoms with Gasteiger partial charge in [0.2, 0.25) is 5.95 Å². The van der Waals surface area contributed by atoms with Crippen molar-refractivity contribution >= 4 is 11.9 Å². The highest BCUT2D eigenvalue weighted by atomic mass is 19.4. The van der Waals surface area contributed by atoms with Crippen molar-refractivity contribution in [3.05, 3.63) is 24.3 Å². The first-order valence-corrected chi connectivity index (χ1v) is 5.36. The number of ether oxygens (including phenoxy) is 1. The number of carbonyl (C=O) groups is 1. The summed E-state index contributed by atoms with van der Waals surface area (Å²) in [5.74, 6) is -1.95. The summed E-state index contributed by atoms with van der Waals surface area (Å²) in [6.07, 6.45) is -4.99. The summed E-state index contributed by atoms with van der Waals surface area (Å²) in [6.45, 7) is 0. The van der Waals surface area contributed by atoms with Gasteiger partial charge in [0.1, 0.15) is 5.75 Å². The fourth-order valence-electron chi connectivity index (χ4n) is 1.45. The Labute approximate surface area is 111 Å². The Kier molecular flexibility index (Phi) is 3.59. The number of methoxy groups -OCH3 is 1. The Morgan fingerprint density at radius 3 is 2.70 bits per heavy atom. The lowest BCUT2D eigenvalue weighted by molar-refractivity contribution is -0.167. The molecule has 0 aliphatic heterocycles. The van der Waals surface area contributed by atoms with E-state index in [1.165, 1.54) is 7.11 Å². The molecule has 2 rings (SSSR count). The summed E-state index contributed by atoms with van der Waals surface area (Å²) in [5.41, 5.74) is 0.509. The third-order valence-corrected chi connectivity index (χ3v) is 2.33. The molecule has 0 aliphatic carbocycles. The molecule has 0 saturated heterocycles. The van der Waals surface area contributed by atoms with Crippen LogP contribution in [-0.2, 0) is 4.79 Å². The van der Waals surface area contributed by atoms with E-state index in [0.717, 1.165) is 0 Å². The number of amides is 1. The van der Waals surface area contributed by atoms with Crippen LogP contribution in [0.2, 0.25) is 0 Å². The number of carbonyl (C=O) groups excluding carboxylic acids is 1. The second-order valence-electron chi connectivity index (χ2n) is 3.66. The summed E-state index contributed by atoms with van der Waals surface area (Å²) in [4.78, 5) is 14.5. The van der Waals surface area contributed by atoms with Crippen LogP contribution in [0.5, 0.6) is 5.75 Å². The predicted octanol–water partition coefficient (Wildman–Crippen LogP) is 1.98. The van der Waals surface area contributed by atoms with Crippen molar-refractivity contribution in [3.63, 3.8) is 0 Å². The Morgan fingerprint density at radius 1 is 1.35 bits per heavy atom. The van der Waals surface area contributed by atoms with E-state index in [4.69, 9.17) is 4.74 Å². The molecule has 6 nitrogen and oxygen atoms in total. The van der Waals surface area contributed by atoms with Gasteiger partial charge in [0.15, 0.2) is 5.82 Å². The van der Waals surface area contributed by atoms with Crippen LogP contribution >= 0.6 is 0 Å². The van der Waals surface area contributed by atoms with Crippen molar-refractivity contribution < 1.29 is 22.7 Å². The number of hydrogen-bond donors (Lipinski definition) is 2. The third-order valence-electron chi connectivity index (χ3n) is 2.33. The molecule has 0 unspecified atom stereocenters. The maximum atomic E-state index is 12.1. The Hall–Kier alpha value is -2.58. The number of alkyl halides is 3. The number of benzene rings is 1. The standard InChI is InChI=1S/C11H9F3N4O2/c1-20-7-5-3-2-4-6(7)8-15-10(18-17-8)16-9(19)11(12,13)14/h2-5H,1H3,(H2,15,16,17,18,19). The van der Waals surface area contributed by atoms with Gasteiger partial charge in [0, 0.05) is 0 Å². The number of anilines is 1. The van der Waals surface area contributed by atoms with E-state index in [0.29, 0.717) is 11.3 Å². The third kappa shape index (κ3) is 2.87. The number of para-hydroxylation sites is 1. The normalized spacial score (nSPS) is 11.2. The highest BCUT2D eigenvalue weighted by Gasteiger charge is 2.39. The smallest absolute Gasteiger partial charge is 0.471 e. The molecule has 106 valence electrons. The minimum atomic E-state index is -4.99. The molecule has 1 aromatic carbocycles. The summed E-state index contributed by atoms with van der Waals surface area (Å²) in [6, 6.07) is 6.74. The number of aromatic nitrogens is 3. The van der Waals surface area contributed by atoms with Gasteiger partial charge < -0.3 is 4.74 Å². The van der Waals surface area contributed by atoms with Gasteiger partial charge in [-0.15, -0.1) is 5.10 Å². The van der Waals surface area contributed by atoms with Crippen molar-refractivity contribution in [2.75, 3.05) is 12.4 Å². The number of hydrogen-bond acceptors (Lipinski definition) is 4. The van der Waals surface area contributed by atoms with E-state index in [9.17, 15) is 18.0 Å². The molecule has 2 N–H and O–H groups in total. The first kappa shape index (κ1) is 13.8. The molecular formula is C11H9F3N4O2. The van der Waals surface area contributed by atoms with E-state index in [-0.39, 0.29) is 5.82 Å². The van der Waals surface area contributed by atoms with Gasteiger partial charge in [0.05, 0.1) is 12.7 Å². The van der Waals surface area contributed by atoms with Crippen LogP contribution < -0.4 is 10.1 Å². The molecule has 20 heavy (non-hydrogen) atoms. The Bertz CT molecular complexity index is 624. The number of aromatic amines is 1. The Morgan fingerprint density at radius 2 is 2.05 bits per heavy atom. The van der Waals surface area contributed by atoms with Crippen LogP contribution in [-0.4, -0.2) is 34.4 Å².